The Kier molecular flexibility index (Phi) is 7.15. The van der Waals surface area contributed by atoms with Crippen molar-refractivity contribution in [3.63, 3.8) is 0 Å². The molecule has 0 aromatic heterocycles. The van der Waals surface area contributed by atoms with E-state index in [4.69, 9.17) is 0 Å². The van der Waals surface area contributed by atoms with Crippen molar-refractivity contribution in [2.45, 2.75) is 59.3 Å². The second-order valence-electron chi connectivity index (χ2n) is 5.53. The highest BCUT2D eigenvalue weighted by Gasteiger charge is 2.19. The molecule has 0 saturated carbocycles. The molecule has 2 rings (SSSR count). The van der Waals surface area contributed by atoms with Crippen LogP contribution in [0.5, 0.6) is 0 Å². The molecule has 1 heteroatoms. The fourth-order valence-electron chi connectivity index (χ4n) is 2.74. The van der Waals surface area contributed by atoms with Crippen LogP contribution in [-0.4, -0.2) is 24.5 Å². The average Bonchev–Trinajstić information content (AvgIpc) is 2.49. The van der Waals surface area contributed by atoms with Gasteiger partial charge < -0.3 is 4.90 Å². The molecular formula is C18H31N. The van der Waals surface area contributed by atoms with Crippen molar-refractivity contribution in [1.82, 2.24) is 4.90 Å². The Bertz CT molecular complexity index is 331. The highest BCUT2D eigenvalue weighted by molar-refractivity contribution is 5.27. The first-order valence-corrected chi connectivity index (χ1v) is 8.03. The molecule has 108 valence electrons. The van der Waals surface area contributed by atoms with Gasteiger partial charge in [0.1, 0.15) is 0 Å². The molecule has 1 aromatic rings. The summed E-state index contributed by atoms with van der Waals surface area (Å²) >= 11 is 0. The normalized spacial score (nSPS) is 17.2. The van der Waals surface area contributed by atoms with Crippen LogP contribution in [0.25, 0.3) is 0 Å². The van der Waals surface area contributed by atoms with Crippen LogP contribution < -0.4 is 0 Å². The molecule has 0 spiro atoms. The summed E-state index contributed by atoms with van der Waals surface area (Å²) < 4.78 is 0. The molecule has 19 heavy (non-hydrogen) atoms. The first-order valence-electron chi connectivity index (χ1n) is 8.03. The lowest BCUT2D eigenvalue weighted by molar-refractivity contribution is 0.222. The van der Waals surface area contributed by atoms with E-state index in [9.17, 15) is 0 Å². The fraction of sp³-hybridized carbons (Fsp3) is 0.667. The molecule has 0 radical (unpaired) electrons. The molecule has 0 aliphatic carbocycles. The van der Waals surface area contributed by atoms with Crippen LogP contribution in [0.4, 0.5) is 0 Å². The molecule has 1 nitrogen and oxygen atoms in total. The van der Waals surface area contributed by atoms with Gasteiger partial charge in [0, 0.05) is 0 Å². The molecule has 1 saturated heterocycles. The highest BCUT2D eigenvalue weighted by Crippen LogP contribution is 2.28. The minimum Gasteiger partial charge on any atom is -0.304 e. The third-order valence-corrected chi connectivity index (χ3v) is 4.11. The number of rotatable bonds is 3. The summed E-state index contributed by atoms with van der Waals surface area (Å²) in [5.74, 6) is 1.44. The molecule has 0 atom stereocenters. The van der Waals surface area contributed by atoms with Crippen molar-refractivity contribution in [3.8, 4) is 0 Å². The van der Waals surface area contributed by atoms with Gasteiger partial charge in [-0.3, -0.25) is 0 Å². The molecule has 0 N–H and O–H groups in total. The van der Waals surface area contributed by atoms with Crippen LogP contribution in [-0.2, 0) is 0 Å². The first kappa shape index (κ1) is 16.2. The SMILES string of the molecule is CC.CCN1CCC(c2ccc(C(C)C)cc2)CC1. The largest absolute Gasteiger partial charge is 0.304 e. The van der Waals surface area contributed by atoms with Gasteiger partial charge in [0.25, 0.3) is 0 Å². The van der Waals surface area contributed by atoms with Crippen LogP contribution in [0.15, 0.2) is 24.3 Å². The lowest BCUT2D eigenvalue weighted by Gasteiger charge is -2.31. The Morgan fingerprint density at radius 1 is 1.05 bits per heavy atom. The van der Waals surface area contributed by atoms with Gasteiger partial charge in [0.15, 0.2) is 0 Å². The van der Waals surface area contributed by atoms with E-state index in [1.54, 1.807) is 5.56 Å². The predicted octanol–water partition coefficient (Wildman–Crippen LogP) is 5.04. The van der Waals surface area contributed by atoms with Crippen LogP contribution in [0.1, 0.15) is 70.4 Å². The maximum Gasteiger partial charge on any atom is -0.00130 e. The summed E-state index contributed by atoms with van der Waals surface area (Å²) in [6.45, 7) is 14.5. The van der Waals surface area contributed by atoms with Gasteiger partial charge in [-0.2, -0.15) is 0 Å². The van der Waals surface area contributed by atoms with Gasteiger partial charge in [-0.1, -0.05) is 58.9 Å². The smallest absolute Gasteiger partial charge is 0.00130 e. The number of nitrogens with zero attached hydrogens (tertiary/aromatic N) is 1. The van der Waals surface area contributed by atoms with E-state index in [2.05, 4.69) is 49.9 Å². The van der Waals surface area contributed by atoms with Gasteiger partial charge in [-0.25, -0.2) is 0 Å². The molecule has 1 aliphatic rings. The van der Waals surface area contributed by atoms with Crippen LogP contribution in [0, 0.1) is 0 Å². The van der Waals surface area contributed by atoms with Crippen molar-refractivity contribution >= 4 is 0 Å². The number of piperidine rings is 1. The molecule has 0 unspecified atom stereocenters. The molecular weight excluding hydrogens is 230 g/mol. The number of likely N-dealkylation sites (tertiary alicyclic amines) is 1. The van der Waals surface area contributed by atoms with Crippen molar-refractivity contribution in [3.05, 3.63) is 35.4 Å². The van der Waals surface area contributed by atoms with Crippen molar-refractivity contribution < 1.29 is 0 Å². The summed E-state index contributed by atoms with van der Waals surface area (Å²) in [5.41, 5.74) is 3.00. The van der Waals surface area contributed by atoms with Crippen LogP contribution >= 0.6 is 0 Å². The Hall–Kier alpha value is -0.820. The van der Waals surface area contributed by atoms with Gasteiger partial charge >= 0.3 is 0 Å². The van der Waals surface area contributed by atoms with Gasteiger partial charge in [-0.05, 0) is 55.4 Å². The second kappa shape index (κ2) is 8.37. The van der Waals surface area contributed by atoms with E-state index in [0.717, 1.165) is 5.92 Å². The van der Waals surface area contributed by atoms with E-state index in [1.165, 1.54) is 38.0 Å². The molecule has 0 amide bonds. The maximum absolute atomic E-state index is 2.55. The number of benzene rings is 1. The van der Waals surface area contributed by atoms with E-state index in [1.807, 2.05) is 13.8 Å². The summed E-state index contributed by atoms with van der Waals surface area (Å²) in [6, 6.07) is 9.32. The van der Waals surface area contributed by atoms with Crippen molar-refractivity contribution in [1.29, 1.82) is 0 Å². The first-order chi connectivity index (χ1) is 9.20. The Morgan fingerprint density at radius 3 is 2.00 bits per heavy atom. The molecule has 1 aromatic carbocycles. The zero-order valence-corrected chi connectivity index (χ0v) is 13.4. The Morgan fingerprint density at radius 2 is 1.58 bits per heavy atom. The minimum absolute atomic E-state index is 0.644. The van der Waals surface area contributed by atoms with Gasteiger partial charge in [0.2, 0.25) is 0 Å². The van der Waals surface area contributed by atoms with Gasteiger partial charge in [-0.15, -0.1) is 0 Å². The average molecular weight is 261 g/mol. The van der Waals surface area contributed by atoms with E-state index in [0.29, 0.717) is 5.92 Å². The second-order valence-corrected chi connectivity index (χ2v) is 5.53. The quantitative estimate of drug-likeness (QED) is 0.737. The summed E-state index contributed by atoms with van der Waals surface area (Å²) in [6.07, 6.45) is 2.66. The third kappa shape index (κ3) is 4.65. The highest BCUT2D eigenvalue weighted by atomic mass is 15.1. The number of hydrogen-bond acceptors (Lipinski definition) is 1. The molecule has 0 bridgehead atoms. The maximum atomic E-state index is 2.55. The van der Waals surface area contributed by atoms with Crippen LogP contribution in [0.2, 0.25) is 0 Å². The predicted molar refractivity (Wildman–Crippen MR) is 86.0 cm³/mol. The topological polar surface area (TPSA) is 3.24 Å². The molecule has 1 heterocycles. The Labute approximate surface area is 120 Å². The summed E-state index contributed by atoms with van der Waals surface area (Å²) in [5, 5.41) is 0. The zero-order valence-electron chi connectivity index (χ0n) is 13.4. The summed E-state index contributed by atoms with van der Waals surface area (Å²) in [7, 11) is 0. The minimum atomic E-state index is 0.644. The lowest BCUT2D eigenvalue weighted by Crippen LogP contribution is -2.32. The van der Waals surface area contributed by atoms with Crippen LogP contribution in [0.3, 0.4) is 0 Å². The van der Waals surface area contributed by atoms with Crippen molar-refractivity contribution in [2.75, 3.05) is 19.6 Å². The third-order valence-electron chi connectivity index (χ3n) is 4.11. The van der Waals surface area contributed by atoms with E-state index < -0.39 is 0 Å². The fourth-order valence-corrected chi connectivity index (χ4v) is 2.74. The molecule has 1 fully saturated rings. The molecule has 1 aliphatic heterocycles. The Balaban J connectivity index is 0.000000861. The lowest BCUT2D eigenvalue weighted by atomic mass is 9.88. The van der Waals surface area contributed by atoms with E-state index in [-0.39, 0.29) is 0 Å². The number of hydrogen-bond donors (Lipinski definition) is 0. The van der Waals surface area contributed by atoms with Crippen molar-refractivity contribution in [2.24, 2.45) is 0 Å². The standard InChI is InChI=1S/C16H25N.C2H6/c1-4-17-11-9-16(10-12-17)15-7-5-14(6-8-15)13(2)3;1-2/h5-8,13,16H,4,9-12H2,1-3H3;1-2H3. The zero-order chi connectivity index (χ0) is 14.3. The van der Waals surface area contributed by atoms with Gasteiger partial charge in [0.05, 0.1) is 0 Å². The van der Waals surface area contributed by atoms with E-state index >= 15 is 0 Å². The monoisotopic (exact) mass is 261 g/mol. The summed E-state index contributed by atoms with van der Waals surface area (Å²) in [4.78, 5) is 2.55.